The van der Waals surface area contributed by atoms with Gasteiger partial charge in [0.25, 0.3) is 0 Å². The molecule has 0 amide bonds. The molecule has 2 heteroatoms. The van der Waals surface area contributed by atoms with Crippen LogP contribution in [-0.2, 0) is 12.8 Å². The molecule has 0 saturated carbocycles. The van der Waals surface area contributed by atoms with Gasteiger partial charge in [0.15, 0.2) is 0 Å². The van der Waals surface area contributed by atoms with Crippen LogP contribution in [0.3, 0.4) is 0 Å². The van der Waals surface area contributed by atoms with Crippen molar-refractivity contribution in [1.82, 2.24) is 0 Å². The zero-order chi connectivity index (χ0) is 20.5. The zero-order valence-electron chi connectivity index (χ0n) is 18.3. The van der Waals surface area contributed by atoms with Gasteiger partial charge in [-0.25, -0.2) is 0 Å². The molecule has 0 radical (unpaired) electrons. The van der Waals surface area contributed by atoms with E-state index >= 15 is 0 Å². The molecule has 0 saturated heterocycles. The van der Waals surface area contributed by atoms with Gasteiger partial charge < -0.3 is 10.2 Å². The van der Waals surface area contributed by atoms with Crippen LogP contribution >= 0.6 is 0 Å². The number of aryl methyl sites for hydroxylation is 4. The molecule has 2 N–H and O–H groups in total. The average Bonchev–Trinajstić information content (AvgIpc) is 2.67. The van der Waals surface area contributed by atoms with Crippen molar-refractivity contribution in [2.24, 2.45) is 0 Å². The Kier molecular flexibility index (Phi) is 8.89. The van der Waals surface area contributed by atoms with E-state index in [9.17, 15) is 10.2 Å². The molecule has 0 fully saturated rings. The molecule has 2 aromatic rings. The third-order valence-electron chi connectivity index (χ3n) is 5.56. The highest BCUT2D eigenvalue weighted by molar-refractivity contribution is 5.79. The molecule has 0 aliphatic heterocycles. The molecule has 2 nitrogen and oxygen atoms in total. The van der Waals surface area contributed by atoms with E-state index in [1.807, 2.05) is 12.1 Å². The maximum atomic E-state index is 11.0. The Morgan fingerprint density at radius 1 is 0.571 bits per heavy atom. The van der Waals surface area contributed by atoms with Crippen LogP contribution in [0.15, 0.2) is 24.3 Å². The fourth-order valence-electron chi connectivity index (χ4n) is 3.98. The van der Waals surface area contributed by atoms with Crippen molar-refractivity contribution in [2.75, 3.05) is 0 Å². The van der Waals surface area contributed by atoms with Gasteiger partial charge in [-0.15, -0.1) is 0 Å². The summed E-state index contributed by atoms with van der Waals surface area (Å²) in [6.07, 6.45) is 11.2. The lowest BCUT2D eigenvalue weighted by Gasteiger charge is -2.16. The second-order valence-electron chi connectivity index (χ2n) is 8.26. The van der Waals surface area contributed by atoms with Crippen molar-refractivity contribution in [3.8, 4) is 22.6 Å². The lowest BCUT2D eigenvalue weighted by molar-refractivity contribution is 0.460. The van der Waals surface area contributed by atoms with Crippen LogP contribution in [0.4, 0.5) is 0 Å². The molecule has 28 heavy (non-hydrogen) atoms. The lowest BCUT2D eigenvalue weighted by Crippen LogP contribution is -1.95. The first-order valence-electron chi connectivity index (χ1n) is 11.1. The number of aromatic hydroxyl groups is 2. The summed E-state index contributed by atoms with van der Waals surface area (Å²) in [7, 11) is 0. The Labute approximate surface area is 171 Å². The van der Waals surface area contributed by atoms with Gasteiger partial charge in [0.2, 0.25) is 0 Å². The van der Waals surface area contributed by atoms with E-state index in [0.29, 0.717) is 11.5 Å². The SMILES string of the molecule is CCCCCCc1cc(C)cc(-c2cc(C)cc(CCCCCC)c2O)c1O. The van der Waals surface area contributed by atoms with Crippen molar-refractivity contribution in [2.45, 2.75) is 91.9 Å². The van der Waals surface area contributed by atoms with Gasteiger partial charge in [0.1, 0.15) is 11.5 Å². The molecule has 0 aliphatic carbocycles. The summed E-state index contributed by atoms with van der Waals surface area (Å²) in [5.41, 5.74) is 5.78. The number of hydrogen-bond acceptors (Lipinski definition) is 2. The molecular formula is C26H38O2. The van der Waals surface area contributed by atoms with E-state index in [1.54, 1.807) is 0 Å². The molecule has 2 rings (SSSR count). The summed E-state index contributed by atoms with van der Waals surface area (Å²) < 4.78 is 0. The molecule has 0 aromatic heterocycles. The minimum Gasteiger partial charge on any atom is -0.507 e. The van der Waals surface area contributed by atoms with E-state index in [4.69, 9.17) is 0 Å². The van der Waals surface area contributed by atoms with Crippen molar-refractivity contribution in [3.05, 3.63) is 46.5 Å². The topological polar surface area (TPSA) is 40.5 Å². The van der Waals surface area contributed by atoms with Gasteiger partial charge in [0.05, 0.1) is 0 Å². The Balaban J connectivity index is 2.33. The maximum Gasteiger partial charge on any atom is 0.126 e. The van der Waals surface area contributed by atoms with Crippen molar-refractivity contribution >= 4 is 0 Å². The molecule has 2 aromatic carbocycles. The van der Waals surface area contributed by atoms with E-state index in [0.717, 1.165) is 59.1 Å². The van der Waals surface area contributed by atoms with Gasteiger partial charge in [-0.2, -0.15) is 0 Å². The van der Waals surface area contributed by atoms with Gasteiger partial charge in [-0.1, -0.05) is 64.5 Å². The minimum absolute atomic E-state index is 0.333. The number of phenols is 2. The smallest absolute Gasteiger partial charge is 0.126 e. The predicted molar refractivity (Wildman–Crippen MR) is 120 cm³/mol. The Morgan fingerprint density at radius 3 is 1.32 bits per heavy atom. The second kappa shape index (κ2) is 11.1. The van der Waals surface area contributed by atoms with Gasteiger partial charge >= 0.3 is 0 Å². The molecule has 0 aliphatic rings. The lowest BCUT2D eigenvalue weighted by atomic mass is 9.92. The largest absolute Gasteiger partial charge is 0.507 e. The van der Waals surface area contributed by atoms with Crippen molar-refractivity contribution < 1.29 is 10.2 Å². The fraction of sp³-hybridized carbons (Fsp3) is 0.538. The molecule has 0 heterocycles. The second-order valence-corrected chi connectivity index (χ2v) is 8.26. The maximum absolute atomic E-state index is 11.0. The molecule has 0 bridgehead atoms. The molecule has 0 atom stereocenters. The van der Waals surface area contributed by atoms with Crippen LogP contribution in [0.25, 0.3) is 11.1 Å². The molecule has 0 unspecified atom stereocenters. The Bertz CT molecular complexity index is 696. The quantitative estimate of drug-likeness (QED) is 0.392. The summed E-state index contributed by atoms with van der Waals surface area (Å²) in [6, 6.07) is 8.17. The molecule has 0 spiro atoms. The third-order valence-corrected chi connectivity index (χ3v) is 5.56. The van der Waals surface area contributed by atoms with Gasteiger partial charge in [-0.05, 0) is 73.9 Å². The van der Waals surface area contributed by atoms with Crippen LogP contribution in [-0.4, -0.2) is 10.2 Å². The number of rotatable bonds is 11. The summed E-state index contributed by atoms with van der Waals surface area (Å²) in [4.78, 5) is 0. The summed E-state index contributed by atoms with van der Waals surface area (Å²) in [5, 5.41) is 21.9. The Hall–Kier alpha value is -1.96. The highest BCUT2D eigenvalue weighted by Gasteiger charge is 2.16. The number of unbranched alkanes of at least 4 members (excludes halogenated alkanes) is 6. The van der Waals surface area contributed by atoms with E-state index in [-0.39, 0.29) is 0 Å². The molecule has 154 valence electrons. The normalized spacial score (nSPS) is 11.1. The third kappa shape index (κ3) is 6.02. The molecular weight excluding hydrogens is 344 g/mol. The summed E-state index contributed by atoms with van der Waals surface area (Å²) in [6.45, 7) is 8.55. The first-order valence-corrected chi connectivity index (χ1v) is 11.1. The fourth-order valence-corrected chi connectivity index (χ4v) is 3.98. The highest BCUT2D eigenvalue weighted by Crippen LogP contribution is 2.41. The van der Waals surface area contributed by atoms with Gasteiger partial charge in [-0.3, -0.25) is 0 Å². The number of hydrogen-bond donors (Lipinski definition) is 2. The average molecular weight is 383 g/mol. The summed E-state index contributed by atoms with van der Waals surface area (Å²) in [5.74, 6) is 0.667. The predicted octanol–water partition coefficient (Wildman–Crippen LogP) is 7.63. The van der Waals surface area contributed by atoms with E-state index in [2.05, 4.69) is 39.8 Å². The Morgan fingerprint density at radius 2 is 0.964 bits per heavy atom. The first kappa shape index (κ1) is 22.3. The first-order chi connectivity index (χ1) is 13.5. The summed E-state index contributed by atoms with van der Waals surface area (Å²) >= 11 is 0. The van der Waals surface area contributed by atoms with Crippen LogP contribution in [0.1, 0.15) is 87.5 Å². The van der Waals surface area contributed by atoms with Gasteiger partial charge in [0, 0.05) is 11.1 Å². The van der Waals surface area contributed by atoms with E-state index in [1.165, 1.54) is 38.5 Å². The van der Waals surface area contributed by atoms with Crippen molar-refractivity contribution in [3.63, 3.8) is 0 Å². The van der Waals surface area contributed by atoms with Crippen LogP contribution in [0.5, 0.6) is 11.5 Å². The monoisotopic (exact) mass is 382 g/mol. The van der Waals surface area contributed by atoms with Crippen LogP contribution in [0, 0.1) is 13.8 Å². The number of phenolic OH excluding ortho intramolecular Hbond substituents is 2. The van der Waals surface area contributed by atoms with Crippen molar-refractivity contribution in [1.29, 1.82) is 0 Å². The van der Waals surface area contributed by atoms with Crippen LogP contribution in [0.2, 0.25) is 0 Å². The van der Waals surface area contributed by atoms with Crippen LogP contribution < -0.4 is 0 Å². The number of benzene rings is 2. The standard InChI is InChI=1S/C26H38O2/c1-5-7-9-11-13-21-15-19(3)17-23(25(21)27)24-18-20(4)16-22(26(24)28)14-12-10-8-6-2/h15-18,27-28H,5-14H2,1-4H3. The highest BCUT2D eigenvalue weighted by atomic mass is 16.3. The van der Waals surface area contributed by atoms with E-state index < -0.39 is 0 Å². The zero-order valence-corrected chi connectivity index (χ0v) is 18.3. The minimum atomic E-state index is 0.333.